The summed E-state index contributed by atoms with van der Waals surface area (Å²) in [5.74, 6) is 0.934. The highest BCUT2D eigenvalue weighted by molar-refractivity contribution is 5.30. The predicted octanol–water partition coefficient (Wildman–Crippen LogP) is 2.77. The van der Waals surface area contributed by atoms with Gasteiger partial charge in [0.15, 0.2) is 0 Å². The molecule has 0 aliphatic rings. The molecule has 0 radical (unpaired) electrons. The third-order valence-corrected chi connectivity index (χ3v) is 2.52. The Bertz CT molecular complexity index is 309. The standard InChI is InChI=1S/C14H23NO2/c1-4-9-17-13-8-6-7-12(10-13)14(11-16-3)15-5-2/h6-8,10,14-15H,4-5,9,11H2,1-3H3. The van der Waals surface area contributed by atoms with Gasteiger partial charge in [0.2, 0.25) is 0 Å². The van der Waals surface area contributed by atoms with Gasteiger partial charge in [-0.05, 0) is 30.7 Å². The van der Waals surface area contributed by atoms with E-state index < -0.39 is 0 Å². The summed E-state index contributed by atoms with van der Waals surface area (Å²) in [6, 6.07) is 8.44. The van der Waals surface area contributed by atoms with Crippen LogP contribution in [0.15, 0.2) is 24.3 Å². The fraction of sp³-hybridized carbons (Fsp3) is 0.571. The van der Waals surface area contributed by atoms with E-state index in [0.29, 0.717) is 6.61 Å². The van der Waals surface area contributed by atoms with Gasteiger partial charge in [-0.25, -0.2) is 0 Å². The molecule has 17 heavy (non-hydrogen) atoms. The van der Waals surface area contributed by atoms with Crippen LogP contribution in [0.3, 0.4) is 0 Å². The quantitative estimate of drug-likeness (QED) is 0.754. The molecular weight excluding hydrogens is 214 g/mol. The molecule has 96 valence electrons. The maximum atomic E-state index is 5.63. The van der Waals surface area contributed by atoms with E-state index in [1.807, 2.05) is 12.1 Å². The largest absolute Gasteiger partial charge is 0.494 e. The Balaban J connectivity index is 2.72. The van der Waals surface area contributed by atoms with Crippen LogP contribution in [0, 0.1) is 0 Å². The minimum atomic E-state index is 0.232. The van der Waals surface area contributed by atoms with E-state index in [2.05, 4.69) is 31.3 Å². The Morgan fingerprint density at radius 2 is 2.12 bits per heavy atom. The average molecular weight is 237 g/mol. The molecule has 1 aromatic rings. The van der Waals surface area contributed by atoms with Gasteiger partial charge in [-0.2, -0.15) is 0 Å². The lowest BCUT2D eigenvalue weighted by Crippen LogP contribution is -2.24. The number of ether oxygens (including phenoxy) is 2. The molecule has 3 heteroatoms. The van der Waals surface area contributed by atoms with Gasteiger partial charge >= 0.3 is 0 Å². The van der Waals surface area contributed by atoms with E-state index in [-0.39, 0.29) is 6.04 Å². The first-order valence-electron chi connectivity index (χ1n) is 6.26. The van der Waals surface area contributed by atoms with Crippen LogP contribution < -0.4 is 10.1 Å². The molecule has 3 nitrogen and oxygen atoms in total. The van der Waals surface area contributed by atoms with Gasteiger partial charge in [0.25, 0.3) is 0 Å². The van der Waals surface area contributed by atoms with Gasteiger partial charge in [-0.1, -0.05) is 26.0 Å². The number of benzene rings is 1. The highest BCUT2D eigenvalue weighted by Gasteiger charge is 2.10. The SMILES string of the molecule is CCCOc1cccc(C(COC)NCC)c1. The number of nitrogens with one attached hydrogen (secondary N) is 1. The van der Waals surface area contributed by atoms with Crippen molar-refractivity contribution in [3.05, 3.63) is 29.8 Å². The zero-order valence-corrected chi connectivity index (χ0v) is 11.0. The van der Waals surface area contributed by atoms with E-state index in [9.17, 15) is 0 Å². The van der Waals surface area contributed by atoms with Crippen LogP contribution in [-0.2, 0) is 4.74 Å². The number of likely N-dealkylation sites (N-methyl/N-ethyl adjacent to an activating group) is 1. The molecule has 0 fully saturated rings. The molecule has 0 aromatic heterocycles. The van der Waals surface area contributed by atoms with Crippen LogP contribution in [0.1, 0.15) is 31.9 Å². The van der Waals surface area contributed by atoms with Crippen molar-refractivity contribution >= 4 is 0 Å². The molecule has 1 aromatic carbocycles. The van der Waals surface area contributed by atoms with Crippen molar-refractivity contribution in [2.75, 3.05) is 26.9 Å². The number of hydrogen-bond donors (Lipinski definition) is 1. The molecule has 0 aliphatic heterocycles. The molecule has 1 N–H and O–H groups in total. The number of hydrogen-bond acceptors (Lipinski definition) is 3. The van der Waals surface area contributed by atoms with Crippen molar-refractivity contribution in [3.8, 4) is 5.75 Å². The van der Waals surface area contributed by atoms with E-state index in [1.165, 1.54) is 5.56 Å². The van der Waals surface area contributed by atoms with Crippen LogP contribution in [-0.4, -0.2) is 26.9 Å². The van der Waals surface area contributed by atoms with E-state index in [4.69, 9.17) is 9.47 Å². The van der Waals surface area contributed by atoms with Crippen molar-refractivity contribution in [2.24, 2.45) is 0 Å². The van der Waals surface area contributed by atoms with E-state index >= 15 is 0 Å². The minimum absolute atomic E-state index is 0.232. The highest BCUT2D eigenvalue weighted by atomic mass is 16.5. The molecule has 1 atom stereocenters. The van der Waals surface area contributed by atoms with Crippen molar-refractivity contribution in [2.45, 2.75) is 26.3 Å². The Kier molecular flexibility index (Phi) is 6.67. The topological polar surface area (TPSA) is 30.5 Å². The normalized spacial score (nSPS) is 12.4. The summed E-state index contributed by atoms with van der Waals surface area (Å²) in [5, 5.41) is 3.40. The first-order chi connectivity index (χ1) is 8.31. The molecule has 0 saturated carbocycles. The van der Waals surface area contributed by atoms with Crippen LogP contribution in [0.4, 0.5) is 0 Å². The first kappa shape index (κ1) is 14.0. The lowest BCUT2D eigenvalue weighted by Gasteiger charge is -2.18. The predicted molar refractivity (Wildman–Crippen MR) is 70.5 cm³/mol. The summed E-state index contributed by atoms with van der Waals surface area (Å²) in [7, 11) is 1.72. The lowest BCUT2D eigenvalue weighted by atomic mass is 10.1. The Labute approximate surface area is 104 Å². The fourth-order valence-electron chi connectivity index (χ4n) is 1.73. The monoisotopic (exact) mass is 237 g/mol. The third-order valence-electron chi connectivity index (χ3n) is 2.52. The summed E-state index contributed by atoms with van der Waals surface area (Å²) >= 11 is 0. The second-order valence-electron chi connectivity index (χ2n) is 3.99. The van der Waals surface area contributed by atoms with Gasteiger partial charge < -0.3 is 14.8 Å². The van der Waals surface area contributed by atoms with Crippen molar-refractivity contribution < 1.29 is 9.47 Å². The Morgan fingerprint density at radius 3 is 2.76 bits per heavy atom. The first-order valence-corrected chi connectivity index (χ1v) is 6.26. The van der Waals surface area contributed by atoms with Gasteiger partial charge in [0.05, 0.1) is 19.3 Å². The van der Waals surface area contributed by atoms with Gasteiger partial charge in [-0.3, -0.25) is 0 Å². The molecule has 0 heterocycles. The van der Waals surface area contributed by atoms with Gasteiger partial charge in [0, 0.05) is 7.11 Å². The highest BCUT2D eigenvalue weighted by Crippen LogP contribution is 2.19. The molecule has 0 spiro atoms. The van der Waals surface area contributed by atoms with Gasteiger partial charge in [-0.15, -0.1) is 0 Å². The maximum absolute atomic E-state index is 5.63. The van der Waals surface area contributed by atoms with Crippen LogP contribution in [0.2, 0.25) is 0 Å². The molecule has 0 aliphatic carbocycles. The summed E-state index contributed by atoms with van der Waals surface area (Å²) in [4.78, 5) is 0. The Hall–Kier alpha value is -1.06. The summed E-state index contributed by atoms with van der Waals surface area (Å²) in [6.45, 7) is 6.56. The number of methoxy groups -OCH3 is 1. The van der Waals surface area contributed by atoms with Gasteiger partial charge in [0.1, 0.15) is 5.75 Å². The van der Waals surface area contributed by atoms with Crippen molar-refractivity contribution in [1.82, 2.24) is 5.32 Å². The summed E-state index contributed by atoms with van der Waals surface area (Å²) < 4.78 is 10.9. The molecule has 1 rings (SSSR count). The summed E-state index contributed by atoms with van der Waals surface area (Å²) in [6.07, 6.45) is 1.03. The summed E-state index contributed by atoms with van der Waals surface area (Å²) in [5.41, 5.74) is 1.21. The van der Waals surface area contributed by atoms with Crippen molar-refractivity contribution in [3.63, 3.8) is 0 Å². The molecule has 1 unspecified atom stereocenters. The zero-order valence-electron chi connectivity index (χ0n) is 11.0. The fourth-order valence-corrected chi connectivity index (χ4v) is 1.73. The Morgan fingerprint density at radius 1 is 1.29 bits per heavy atom. The minimum Gasteiger partial charge on any atom is -0.494 e. The molecule has 0 saturated heterocycles. The number of rotatable bonds is 8. The van der Waals surface area contributed by atoms with Crippen LogP contribution >= 0.6 is 0 Å². The zero-order chi connectivity index (χ0) is 12.5. The van der Waals surface area contributed by atoms with E-state index in [0.717, 1.165) is 25.3 Å². The second kappa shape index (κ2) is 8.09. The second-order valence-corrected chi connectivity index (χ2v) is 3.99. The van der Waals surface area contributed by atoms with E-state index in [1.54, 1.807) is 7.11 Å². The lowest BCUT2D eigenvalue weighted by molar-refractivity contribution is 0.167. The van der Waals surface area contributed by atoms with Crippen LogP contribution in [0.5, 0.6) is 5.75 Å². The molecule has 0 amide bonds. The maximum Gasteiger partial charge on any atom is 0.119 e. The van der Waals surface area contributed by atoms with Crippen molar-refractivity contribution in [1.29, 1.82) is 0 Å². The smallest absolute Gasteiger partial charge is 0.119 e. The van der Waals surface area contributed by atoms with Crippen LogP contribution in [0.25, 0.3) is 0 Å². The average Bonchev–Trinajstić information content (AvgIpc) is 2.36. The molecule has 0 bridgehead atoms. The third kappa shape index (κ3) is 4.75. The molecular formula is C14H23NO2.